The van der Waals surface area contributed by atoms with E-state index in [4.69, 9.17) is 5.11 Å². The van der Waals surface area contributed by atoms with Crippen LogP contribution in [0.3, 0.4) is 0 Å². The quantitative estimate of drug-likeness (QED) is 0.873. The molecule has 1 saturated carbocycles. The molecular weight excluding hydrogens is 268 g/mol. The van der Waals surface area contributed by atoms with Crippen molar-refractivity contribution in [2.45, 2.75) is 51.9 Å². The smallest absolute Gasteiger partial charge is 0.303 e. The molecule has 2 N–H and O–H groups in total. The summed E-state index contributed by atoms with van der Waals surface area (Å²) in [6.45, 7) is 1.88. The number of hydrogen-bond acceptors (Lipinski definition) is 3. The Hall–Kier alpha value is -1.91. The summed E-state index contributed by atoms with van der Waals surface area (Å²) in [5.74, 6) is -0.939. The van der Waals surface area contributed by atoms with Crippen molar-refractivity contribution < 1.29 is 14.7 Å². The first-order valence-electron chi connectivity index (χ1n) is 7.43. The zero-order chi connectivity index (χ0) is 15.3. The van der Waals surface area contributed by atoms with Crippen molar-refractivity contribution in [2.24, 2.45) is 5.41 Å². The van der Waals surface area contributed by atoms with Gasteiger partial charge in [-0.3, -0.25) is 14.6 Å². The Morgan fingerprint density at radius 2 is 1.95 bits per heavy atom. The Kier molecular flexibility index (Phi) is 4.94. The SMILES string of the molecule is Cc1ccc(NC(=O)CC2(CC(=O)O)CCCCC2)cn1. The number of aliphatic carboxylic acids is 1. The van der Waals surface area contributed by atoms with Crippen molar-refractivity contribution in [3.63, 3.8) is 0 Å². The van der Waals surface area contributed by atoms with E-state index in [2.05, 4.69) is 10.3 Å². The van der Waals surface area contributed by atoms with Crippen LogP contribution in [-0.2, 0) is 9.59 Å². The molecule has 1 aromatic heterocycles. The second-order valence-electron chi connectivity index (χ2n) is 6.04. The van der Waals surface area contributed by atoms with E-state index in [-0.39, 0.29) is 24.2 Å². The van der Waals surface area contributed by atoms with E-state index in [1.54, 1.807) is 6.20 Å². The van der Waals surface area contributed by atoms with Crippen molar-refractivity contribution in [3.05, 3.63) is 24.0 Å². The molecule has 5 nitrogen and oxygen atoms in total. The predicted octanol–water partition coefficient (Wildman–Crippen LogP) is 3.14. The van der Waals surface area contributed by atoms with Crippen LogP contribution in [0, 0.1) is 12.3 Å². The van der Waals surface area contributed by atoms with Gasteiger partial charge < -0.3 is 10.4 Å². The number of hydrogen-bond donors (Lipinski definition) is 2. The molecule has 1 aliphatic rings. The molecule has 1 aliphatic carbocycles. The Morgan fingerprint density at radius 3 is 2.52 bits per heavy atom. The second kappa shape index (κ2) is 6.70. The Bertz CT molecular complexity index is 505. The van der Waals surface area contributed by atoms with E-state index in [0.29, 0.717) is 5.69 Å². The zero-order valence-electron chi connectivity index (χ0n) is 12.4. The van der Waals surface area contributed by atoms with Gasteiger partial charge in [-0.15, -0.1) is 0 Å². The number of carboxylic acid groups (broad SMARTS) is 1. The number of aryl methyl sites for hydroxylation is 1. The van der Waals surface area contributed by atoms with Crippen LogP contribution in [0.1, 0.15) is 50.6 Å². The van der Waals surface area contributed by atoms with Crippen molar-refractivity contribution in [1.29, 1.82) is 0 Å². The van der Waals surface area contributed by atoms with Crippen LogP contribution in [0.2, 0.25) is 0 Å². The van der Waals surface area contributed by atoms with Crippen LogP contribution in [0.5, 0.6) is 0 Å². The molecule has 5 heteroatoms. The molecular formula is C16H22N2O3. The van der Waals surface area contributed by atoms with Crippen molar-refractivity contribution in [1.82, 2.24) is 4.98 Å². The number of nitrogens with zero attached hydrogens (tertiary/aromatic N) is 1. The van der Waals surface area contributed by atoms with Gasteiger partial charge in [0.25, 0.3) is 0 Å². The number of amides is 1. The van der Waals surface area contributed by atoms with Crippen molar-refractivity contribution in [3.8, 4) is 0 Å². The van der Waals surface area contributed by atoms with E-state index in [1.165, 1.54) is 0 Å². The highest BCUT2D eigenvalue weighted by Gasteiger charge is 2.36. The summed E-state index contributed by atoms with van der Waals surface area (Å²) in [5, 5.41) is 11.9. The van der Waals surface area contributed by atoms with E-state index in [9.17, 15) is 9.59 Å². The summed E-state index contributed by atoms with van der Waals surface area (Å²) in [5.41, 5.74) is 1.17. The fourth-order valence-electron chi connectivity index (χ4n) is 3.13. The lowest BCUT2D eigenvalue weighted by Crippen LogP contribution is -2.32. The highest BCUT2D eigenvalue weighted by atomic mass is 16.4. The Morgan fingerprint density at radius 1 is 1.24 bits per heavy atom. The van der Waals surface area contributed by atoms with Crippen LogP contribution in [-0.4, -0.2) is 22.0 Å². The van der Waals surface area contributed by atoms with Gasteiger partial charge in [0.15, 0.2) is 0 Å². The number of pyridine rings is 1. The van der Waals surface area contributed by atoms with Gasteiger partial charge in [0.1, 0.15) is 0 Å². The van der Waals surface area contributed by atoms with Gasteiger partial charge >= 0.3 is 5.97 Å². The van der Waals surface area contributed by atoms with Gasteiger partial charge in [0.2, 0.25) is 5.91 Å². The number of aromatic nitrogens is 1. The largest absolute Gasteiger partial charge is 0.481 e. The average molecular weight is 290 g/mol. The Labute approximate surface area is 124 Å². The van der Waals surface area contributed by atoms with Gasteiger partial charge in [0.05, 0.1) is 18.3 Å². The number of nitrogens with one attached hydrogen (secondary N) is 1. The van der Waals surface area contributed by atoms with Gasteiger partial charge in [-0.05, 0) is 37.3 Å². The second-order valence-corrected chi connectivity index (χ2v) is 6.04. The normalized spacial score (nSPS) is 17.2. The van der Waals surface area contributed by atoms with Gasteiger partial charge in [-0.2, -0.15) is 0 Å². The maximum absolute atomic E-state index is 12.2. The van der Waals surface area contributed by atoms with Crippen molar-refractivity contribution in [2.75, 3.05) is 5.32 Å². The van der Waals surface area contributed by atoms with Crippen molar-refractivity contribution >= 4 is 17.6 Å². The van der Waals surface area contributed by atoms with Crippen LogP contribution in [0.25, 0.3) is 0 Å². The first kappa shape index (κ1) is 15.5. The van der Waals surface area contributed by atoms with Crippen LogP contribution < -0.4 is 5.32 Å². The van der Waals surface area contributed by atoms with Gasteiger partial charge in [-0.1, -0.05) is 19.3 Å². The number of carbonyl (C=O) groups excluding carboxylic acids is 1. The lowest BCUT2D eigenvalue weighted by Gasteiger charge is -2.35. The molecule has 0 spiro atoms. The number of rotatable bonds is 5. The molecule has 1 amide bonds. The number of carboxylic acids is 1. The fourth-order valence-corrected chi connectivity index (χ4v) is 3.13. The molecule has 0 bridgehead atoms. The topological polar surface area (TPSA) is 79.3 Å². The lowest BCUT2D eigenvalue weighted by atomic mass is 9.69. The van der Waals surface area contributed by atoms with Crippen LogP contribution in [0.4, 0.5) is 5.69 Å². The third-order valence-electron chi connectivity index (χ3n) is 4.17. The third kappa shape index (κ3) is 4.55. The average Bonchev–Trinajstić information content (AvgIpc) is 2.41. The van der Waals surface area contributed by atoms with E-state index in [0.717, 1.165) is 37.8 Å². The lowest BCUT2D eigenvalue weighted by molar-refractivity contribution is -0.140. The zero-order valence-corrected chi connectivity index (χ0v) is 12.4. The molecule has 1 fully saturated rings. The van der Waals surface area contributed by atoms with Gasteiger partial charge in [-0.25, -0.2) is 0 Å². The Balaban J connectivity index is 2.00. The number of anilines is 1. The fraction of sp³-hybridized carbons (Fsp3) is 0.562. The minimum absolute atomic E-state index is 0.0760. The number of carbonyl (C=O) groups is 2. The molecule has 0 aliphatic heterocycles. The first-order valence-corrected chi connectivity index (χ1v) is 7.43. The standard InChI is InChI=1S/C16H22N2O3/c1-12-5-6-13(11-17-12)18-14(19)9-16(10-15(20)21)7-3-2-4-8-16/h5-6,11H,2-4,7-10H2,1H3,(H,18,19)(H,20,21). The maximum Gasteiger partial charge on any atom is 0.303 e. The van der Waals surface area contributed by atoms with Crippen LogP contribution >= 0.6 is 0 Å². The highest BCUT2D eigenvalue weighted by molar-refractivity contribution is 5.91. The minimum atomic E-state index is -0.818. The molecule has 0 aromatic carbocycles. The summed E-state index contributed by atoms with van der Waals surface area (Å²) in [6, 6.07) is 3.65. The maximum atomic E-state index is 12.2. The highest BCUT2D eigenvalue weighted by Crippen LogP contribution is 2.42. The molecule has 0 atom stereocenters. The third-order valence-corrected chi connectivity index (χ3v) is 4.17. The molecule has 1 heterocycles. The molecule has 114 valence electrons. The summed E-state index contributed by atoms with van der Waals surface area (Å²) in [7, 11) is 0. The predicted molar refractivity (Wildman–Crippen MR) is 80.0 cm³/mol. The summed E-state index contributed by atoms with van der Waals surface area (Å²) < 4.78 is 0. The summed E-state index contributed by atoms with van der Waals surface area (Å²) in [4.78, 5) is 27.5. The van der Waals surface area contributed by atoms with E-state index in [1.807, 2.05) is 19.1 Å². The molecule has 0 unspecified atom stereocenters. The molecule has 2 rings (SSSR count). The monoisotopic (exact) mass is 290 g/mol. The van der Waals surface area contributed by atoms with E-state index >= 15 is 0 Å². The summed E-state index contributed by atoms with van der Waals surface area (Å²) >= 11 is 0. The molecule has 21 heavy (non-hydrogen) atoms. The molecule has 0 saturated heterocycles. The van der Waals surface area contributed by atoms with Crippen LogP contribution in [0.15, 0.2) is 18.3 Å². The summed E-state index contributed by atoms with van der Waals surface area (Å²) in [6.07, 6.45) is 6.75. The molecule has 0 radical (unpaired) electrons. The van der Waals surface area contributed by atoms with E-state index < -0.39 is 5.97 Å². The first-order chi connectivity index (χ1) is 9.99. The van der Waals surface area contributed by atoms with Gasteiger partial charge in [0, 0.05) is 12.1 Å². The molecule has 1 aromatic rings. The minimum Gasteiger partial charge on any atom is -0.481 e.